The second-order valence-corrected chi connectivity index (χ2v) is 3.15. The standard InChI is InChI=1S/C5H6F6OS/c1-13-2-3(12,4(6,7)8)5(9,10)11/h12H,2H2,1H3. The van der Waals surface area contributed by atoms with Crippen LogP contribution in [-0.4, -0.2) is 35.1 Å². The van der Waals surface area contributed by atoms with E-state index in [0.29, 0.717) is 0 Å². The van der Waals surface area contributed by atoms with E-state index in [1.807, 2.05) is 0 Å². The van der Waals surface area contributed by atoms with Crippen LogP contribution in [0.3, 0.4) is 0 Å². The Bertz CT molecular complexity index is 159. The van der Waals surface area contributed by atoms with Crippen molar-refractivity contribution >= 4 is 11.8 Å². The van der Waals surface area contributed by atoms with Gasteiger partial charge in [0.1, 0.15) is 0 Å². The van der Waals surface area contributed by atoms with Crippen LogP contribution in [0.25, 0.3) is 0 Å². The van der Waals surface area contributed by atoms with Gasteiger partial charge in [-0.15, -0.1) is 0 Å². The van der Waals surface area contributed by atoms with Crippen LogP contribution >= 0.6 is 11.8 Å². The molecule has 0 aliphatic carbocycles. The normalized spacial score (nSPS) is 14.8. The molecule has 0 aromatic heterocycles. The van der Waals surface area contributed by atoms with Gasteiger partial charge in [0.05, 0.1) is 0 Å². The highest BCUT2D eigenvalue weighted by molar-refractivity contribution is 7.98. The predicted molar refractivity (Wildman–Crippen MR) is 35.4 cm³/mol. The largest absolute Gasteiger partial charge is 0.427 e. The molecule has 8 heteroatoms. The minimum atomic E-state index is -5.70. The molecular formula is C5H6F6OS. The molecule has 0 fully saturated rings. The molecule has 0 aromatic carbocycles. The molecule has 0 rings (SSSR count). The first kappa shape index (κ1) is 12.9. The van der Waals surface area contributed by atoms with Gasteiger partial charge in [0, 0.05) is 5.75 Å². The van der Waals surface area contributed by atoms with Gasteiger partial charge in [-0.3, -0.25) is 0 Å². The molecule has 80 valence electrons. The summed E-state index contributed by atoms with van der Waals surface area (Å²) in [7, 11) is 0. The summed E-state index contributed by atoms with van der Waals surface area (Å²) in [4.78, 5) is 0. The smallest absolute Gasteiger partial charge is 0.373 e. The van der Waals surface area contributed by atoms with Crippen LogP contribution in [0.4, 0.5) is 26.3 Å². The fourth-order valence-corrected chi connectivity index (χ4v) is 1.28. The molecule has 0 heterocycles. The van der Waals surface area contributed by atoms with Crippen molar-refractivity contribution in [3.63, 3.8) is 0 Å². The molecule has 0 amide bonds. The van der Waals surface area contributed by atoms with E-state index in [1.54, 1.807) is 0 Å². The Balaban J connectivity index is 4.96. The summed E-state index contributed by atoms with van der Waals surface area (Å²) in [5.74, 6) is -1.46. The number of hydrogen-bond acceptors (Lipinski definition) is 2. The van der Waals surface area contributed by atoms with Crippen LogP contribution in [0.2, 0.25) is 0 Å². The lowest BCUT2D eigenvalue weighted by atomic mass is 10.1. The van der Waals surface area contributed by atoms with E-state index in [0.717, 1.165) is 6.26 Å². The molecule has 0 saturated carbocycles. The molecule has 0 atom stereocenters. The molecule has 13 heavy (non-hydrogen) atoms. The first-order valence-corrected chi connectivity index (χ1v) is 4.30. The van der Waals surface area contributed by atoms with Crippen molar-refractivity contribution in [1.82, 2.24) is 0 Å². The van der Waals surface area contributed by atoms with Crippen molar-refractivity contribution in [2.45, 2.75) is 18.0 Å². The lowest BCUT2D eigenvalue weighted by molar-refractivity contribution is -0.358. The van der Waals surface area contributed by atoms with Crippen molar-refractivity contribution in [3.8, 4) is 0 Å². The molecule has 0 saturated heterocycles. The second kappa shape index (κ2) is 3.56. The van der Waals surface area contributed by atoms with E-state index in [-0.39, 0.29) is 11.8 Å². The van der Waals surface area contributed by atoms with E-state index >= 15 is 0 Å². The zero-order valence-corrected chi connectivity index (χ0v) is 7.15. The van der Waals surface area contributed by atoms with Crippen LogP contribution in [0.1, 0.15) is 0 Å². The van der Waals surface area contributed by atoms with Gasteiger partial charge in [0.15, 0.2) is 0 Å². The van der Waals surface area contributed by atoms with Gasteiger partial charge in [-0.25, -0.2) is 0 Å². The highest BCUT2D eigenvalue weighted by Gasteiger charge is 2.69. The maximum absolute atomic E-state index is 11.8. The Labute approximate surface area is 74.1 Å². The van der Waals surface area contributed by atoms with E-state index < -0.39 is 23.7 Å². The summed E-state index contributed by atoms with van der Waals surface area (Å²) >= 11 is 0.272. The lowest BCUT2D eigenvalue weighted by Crippen LogP contribution is -2.58. The quantitative estimate of drug-likeness (QED) is 0.731. The number of hydrogen-bond donors (Lipinski definition) is 1. The monoisotopic (exact) mass is 228 g/mol. The van der Waals surface area contributed by atoms with E-state index in [9.17, 15) is 26.3 Å². The number of rotatable bonds is 2. The molecule has 0 spiro atoms. The van der Waals surface area contributed by atoms with Crippen molar-refractivity contribution in [2.24, 2.45) is 0 Å². The molecule has 1 nitrogen and oxygen atoms in total. The molecule has 0 aliphatic rings. The number of aliphatic hydroxyl groups is 1. The van der Waals surface area contributed by atoms with Gasteiger partial charge in [0.25, 0.3) is 5.60 Å². The van der Waals surface area contributed by atoms with Crippen LogP contribution in [0.15, 0.2) is 0 Å². The molecule has 0 aromatic rings. The Morgan fingerprint density at radius 2 is 1.31 bits per heavy atom. The Morgan fingerprint density at radius 3 is 1.38 bits per heavy atom. The fraction of sp³-hybridized carbons (Fsp3) is 1.00. The van der Waals surface area contributed by atoms with Gasteiger partial charge in [0.2, 0.25) is 0 Å². The second-order valence-electron chi connectivity index (χ2n) is 2.29. The van der Waals surface area contributed by atoms with Crippen molar-refractivity contribution < 1.29 is 31.4 Å². The third-order valence-electron chi connectivity index (χ3n) is 1.29. The minimum Gasteiger partial charge on any atom is -0.373 e. The summed E-state index contributed by atoms with van der Waals surface area (Å²) in [6.45, 7) is 0. The molecule has 0 aliphatic heterocycles. The van der Waals surface area contributed by atoms with Crippen molar-refractivity contribution in [3.05, 3.63) is 0 Å². The minimum absolute atomic E-state index is 0.272. The van der Waals surface area contributed by atoms with E-state index in [1.165, 1.54) is 0 Å². The van der Waals surface area contributed by atoms with Gasteiger partial charge in [-0.1, -0.05) is 0 Å². The van der Waals surface area contributed by atoms with Crippen LogP contribution in [0.5, 0.6) is 0 Å². The zero-order valence-electron chi connectivity index (χ0n) is 6.33. The molecular weight excluding hydrogens is 222 g/mol. The van der Waals surface area contributed by atoms with E-state index in [2.05, 4.69) is 0 Å². The molecule has 1 N–H and O–H groups in total. The third-order valence-corrected chi connectivity index (χ3v) is 2.00. The van der Waals surface area contributed by atoms with Crippen molar-refractivity contribution in [2.75, 3.05) is 12.0 Å². The summed E-state index contributed by atoms with van der Waals surface area (Å²) in [5.41, 5.74) is -4.61. The predicted octanol–water partition coefficient (Wildman–Crippen LogP) is 2.21. The zero-order chi connectivity index (χ0) is 10.9. The number of alkyl halides is 6. The molecule has 0 unspecified atom stereocenters. The van der Waals surface area contributed by atoms with Gasteiger partial charge < -0.3 is 5.11 Å². The average molecular weight is 228 g/mol. The Morgan fingerprint density at radius 1 is 1.00 bits per heavy atom. The fourth-order valence-electron chi connectivity index (χ4n) is 0.533. The number of thioether (sulfide) groups is 1. The maximum atomic E-state index is 11.8. The highest BCUT2D eigenvalue weighted by Crippen LogP contribution is 2.44. The molecule has 0 bridgehead atoms. The van der Waals surface area contributed by atoms with Gasteiger partial charge in [-0.05, 0) is 6.26 Å². The summed E-state index contributed by atoms with van der Waals surface area (Å²) in [5, 5.41) is 8.41. The van der Waals surface area contributed by atoms with Gasteiger partial charge >= 0.3 is 12.4 Å². The first-order valence-electron chi connectivity index (χ1n) is 2.91. The van der Waals surface area contributed by atoms with Crippen LogP contribution in [-0.2, 0) is 0 Å². The van der Waals surface area contributed by atoms with E-state index in [4.69, 9.17) is 5.11 Å². The third kappa shape index (κ3) is 2.43. The number of halogens is 6. The van der Waals surface area contributed by atoms with Crippen molar-refractivity contribution in [1.29, 1.82) is 0 Å². The summed E-state index contributed by atoms with van der Waals surface area (Å²) in [6, 6.07) is 0. The average Bonchev–Trinajstić information content (AvgIpc) is 1.82. The molecule has 0 radical (unpaired) electrons. The highest BCUT2D eigenvalue weighted by atomic mass is 32.2. The Kier molecular flexibility index (Phi) is 3.53. The summed E-state index contributed by atoms with van der Waals surface area (Å²) < 4.78 is 70.8. The van der Waals surface area contributed by atoms with Gasteiger partial charge in [-0.2, -0.15) is 38.1 Å². The maximum Gasteiger partial charge on any atom is 0.427 e. The summed E-state index contributed by atoms with van der Waals surface area (Å²) in [6.07, 6.45) is -10.4. The Hall–Kier alpha value is -0.110. The van der Waals surface area contributed by atoms with Crippen LogP contribution in [0, 0.1) is 0 Å². The lowest BCUT2D eigenvalue weighted by Gasteiger charge is -2.31. The topological polar surface area (TPSA) is 20.2 Å². The van der Waals surface area contributed by atoms with Crippen LogP contribution < -0.4 is 0 Å². The SMILES string of the molecule is CSCC(O)(C(F)(F)F)C(F)(F)F. The first-order chi connectivity index (χ1) is 5.56.